The molecule has 7 nitrogen and oxygen atoms in total. The summed E-state index contributed by atoms with van der Waals surface area (Å²) in [6.07, 6.45) is 0.986. The number of nitrogens with zero attached hydrogens (tertiary/aromatic N) is 1. The number of fused-ring (bicyclic) bond motifs is 1. The molecule has 0 spiro atoms. The highest BCUT2D eigenvalue weighted by molar-refractivity contribution is 6.01. The molecule has 0 amide bonds. The van der Waals surface area contributed by atoms with Crippen molar-refractivity contribution in [2.24, 2.45) is 0 Å². The van der Waals surface area contributed by atoms with Gasteiger partial charge < -0.3 is 24.4 Å². The minimum Gasteiger partial charge on any atom is -0.504 e. The Labute approximate surface area is 185 Å². The lowest BCUT2D eigenvalue weighted by Crippen LogP contribution is -2.29. The number of nitrogens with one attached hydrogen (secondary N) is 1. The van der Waals surface area contributed by atoms with E-state index in [1.807, 2.05) is 37.3 Å². The molecule has 1 aliphatic heterocycles. The highest BCUT2D eigenvalue weighted by atomic mass is 16.5. The van der Waals surface area contributed by atoms with Gasteiger partial charge in [-0.1, -0.05) is 29.4 Å². The van der Waals surface area contributed by atoms with Gasteiger partial charge in [-0.2, -0.15) is 0 Å². The molecule has 1 aromatic heterocycles. The summed E-state index contributed by atoms with van der Waals surface area (Å²) in [5, 5.41) is 17.4. The Kier molecular flexibility index (Phi) is 4.89. The molecule has 0 radical (unpaired) electrons. The molecule has 0 saturated carbocycles. The number of aromatic hydroxyl groups is 1. The number of allylic oxidation sites excluding steroid dienone is 2. The lowest BCUT2D eigenvalue weighted by Gasteiger charge is -2.35. The predicted molar refractivity (Wildman–Crippen MR) is 118 cm³/mol. The van der Waals surface area contributed by atoms with Crippen molar-refractivity contribution in [2.75, 3.05) is 19.5 Å². The third kappa shape index (κ3) is 3.12. The van der Waals surface area contributed by atoms with E-state index in [1.165, 1.54) is 7.11 Å². The van der Waals surface area contributed by atoms with Gasteiger partial charge in [0, 0.05) is 23.3 Å². The number of hydrogen-bond donors (Lipinski definition) is 2. The Balaban J connectivity index is 1.62. The third-order valence-corrected chi connectivity index (χ3v) is 6.38. The van der Waals surface area contributed by atoms with Gasteiger partial charge in [0.05, 0.1) is 31.4 Å². The number of anilines is 1. The summed E-state index contributed by atoms with van der Waals surface area (Å²) in [5.41, 5.74) is 5.03. The van der Waals surface area contributed by atoms with E-state index in [-0.39, 0.29) is 23.4 Å². The molecule has 32 heavy (non-hydrogen) atoms. The van der Waals surface area contributed by atoms with E-state index in [9.17, 15) is 9.90 Å². The van der Waals surface area contributed by atoms with Gasteiger partial charge in [0.15, 0.2) is 17.3 Å². The van der Waals surface area contributed by atoms with E-state index in [1.54, 1.807) is 19.2 Å². The van der Waals surface area contributed by atoms with Crippen LogP contribution in [-0.4, -0.2) is 30.3 Å². The first kappa shape index (κ1) is 20.2. The van der Waals surface area contributed by atoms with Crippen molar-refractivity contribution >= 4 is 11.7 Å². The number of rotatable bonds is 4. The molecule has 2 aromatic carbocycles. The number of aryl methyl sites for hydroxylation is 1. The Morgan fingerprint density at radius 3 is 2.66 bits per heavy atom. The molecule has 2 heterocycles. The average Bonchev–Trinajstić information content (AvgIpc) is 3.18. The van der Waals surface area contributed by atoms with Crippen LogP contribution in [0.5, 0.6) is 17.2 Å². The van der Waals surface area contributed by atoms with Crippen LogP contribution in [0.2, 0.25) is 0 Å². The number of methoxy groups -OCH3 is 2. The smallest absolute Gasteiger partial charge is 0.233 e. The fraction of sp³-hybridized carbons (Fsp3) is 0.280. The number of aromatic nitrogens is 1. The van der Waals surface area contributed by atoms with Crippen molar-refractivity contribution in [3.8, 4) is 17.2 Å². The first-order chi connectivity index (χ1) is 15.5. The van der Waals surface area contributed by atoms with E-state index in [4.69, 9.17) is 14.0 Å². The van der Waals surface area contributed by atoms with E-state index in [2.05, 4.69) is 10.5 Å². The summed E-state index contributed by atoms with van der Waals surface area (Å²) in [5.74, 6) is 1.46. The fourth-order valence-electron chi connectivity index (χ4n) is 4.87. The normalized spacial score (nSPS) is 19.8. The number of carbonyl (C=O) groups excluding carboxylic acids is 1. The molecule has 0 fully saturated rings. The summed E-state index contributed by atoms with van der Waals surface area (Å²) >= 11 is 0. The van der Waals surface area contributed by atoms with Crippen LogP contribution in [0, 0.1) is 6.92 Å². The van der Waals surface area contributed by atoms with Crippen LogP contribution in [0.1, 0.15) is 47.1 Å². The van der Waals surface area contributed by atoms with Crippen molar-refractivity contribution in [1.29, 1.82) is 0 Å². The molecular weight excluding hydrogens is 408 g/mol. The molecular formula is C25H24N2O5. The lowest BCUT2D eigenvalue weighted by atomic mass is 9.72. The van der Waals surface area contributed by atoms with E-state index in [0.29, 0.717) is 24.5 Å². The summed E-state index contributed by atoms with van der Waals surface area (Å²) in [6, 6.07) is 13.0. The van der Waals surface area contributed by atoms with Crippen molar-refractivity contribution in [1.82, 2.24) is 5.16 Å². The maximum atomic E-state index is 13.6. The number of ether oxygens (including phenoxy) is 2. The standard InChI is InChI=1S/C25H24N2O5/c1-13-22-23(16-6-4-5-7-20(16)30-2)24-17(26-25(22)32-27-13)10-15(11-19(24)29)14-8-9-18(28)21(12-14)31-3/h4-9,12,15,23,26,28H,10-11H2,1-3H3. The molecule has 2 aliphatic rings. The van der Waals surface area contributed by atoms with Gasteiger partial charge in [-0.3, -0.25) is 4.79 Å². The van der Waals surface area contributed by atoms with Crippen LogP contribution >= 0.6 is 0 Å². The SMILES string of the molecule is COc1cc(C2CC(=O)C3=C(C2)Nc2onc(C)c2C3c2ccccc2OC)ccc1O. The third-order valence-electron chi connectivity index (χ3n) is 6.38. The number of phenols is 1. The first-order valence-electron chi connectivity index (χ1n) is 10.5. The zero-order valence-corrected chi connectivity index (χ0v) is 18.1. The minimum atomic E-state index is -0.313. The molecule has 1 aliphatic carbocycles. The number of phenolic OH excluding ortho intramolecular Hbond substituents is 1. The second-order valence-corrected chi connectivity index (χ2v) is 8.16. The Morgan fingerprint density at radius 1 is 1.09 bits per heavy atom. The zero-order valence-electron chi connectivity index (χ0n) is 18.1. The summed E-state index contributed by atoms with van der Waals surface area (Å²) in [7, 11) is 3.15. The number of ketones is 1. The zero-order chi connectivity index (χ0) is 22.4. The second-order valence-electron chi connectivity index (χ2n) is 8.16. The molecule has 5 rings (SSSR count). The topological polar surface area (TPSA) is 93.8 Å². The quantitative estimate of drug-likeness (QED) is 0.619. The molecule has 2 N–H and O–H groups in total. The van der Waals surface area contributed by atoms with Crippen molar-refractivity contribution in [3.63, 3.8) is 0 Å². The highest BCUT2D eigenvalue weighted by Gasteiger charge is 2.42. The Hall–Kier alpha value is -3.74. The van der Waals surface area contributed by atoms with Crippen molar-refractivity contribution in [3.05, 3.63) is 76.1 Å². The highest BCUT2D eigenvalue weighted by Crippen LogP contribution is 2.50. The summed E-state index contributed by atoms with van der Waals surface area (Å²) < 4.78 is 16.5. The Bertz CT molecular complexity index is 1240. The molecule has 0 saturated heterocycles. The molecule has 7 heteroatoms. The average molecular weight is 432 g/mol. The summed E-state index contributed by atoms with van der Waals surface area (Å²) in [4.78, 5) is 13.6. The molecule has 3 aromatic rings. The maximum Gasteiger partial charge on any atom is 0.233 e. The number of Topliss-reactive ketones (excluding diaryl/α,β-unsaturated/α-hetero) is 1. The maximum absolute atomic E-state index is 13.6. The van der Waals surface area contributed by atoms with Crippen LogP contribution in [0.4, 0.5) is 5.88 Å². The molecule has 164 valence electrons. The molecule has 2 atom stereocenters. The van der Waals surface area contributed by atoms with E-state index < -0.39 is 0 Å². The summed E-state index contributed by atoms with van der Waals surface area (Å²) in [6.45, 7) is 1.89. The first-order valence-corrected chi connectivity index (χ1v) is 10.5. The van der Waals surface area contributed by atoms with Gasteiger partial charge in [-0.05, 0) is 43.0 Å². The lowest BCUT2D eigenvalue weighted by molar-refractivity contribution is -0.116. The number of hydrogen-bond acceptors (Lipinski definition) is 7. The Morgan fingerprint density at radius 2 is 1.88 bits per heavy atom. The number of benzene rings is 2. The van der Waals surface area contributed by atoms with Crippen LogP contribution in [-0.2, 0) is 4.79 Å². The van der Waals surface area contributed by atoms with Gasteiger partial charge >= 0.3 is 0 Å². The fourth-order valence-corrected chi connectivity index (χ4v) is 4.87. The van der Waals surface area contributed by atoms with Crippen LogP contribution in [0.3, 0.4) is 0 Å². The van der Waals surface area contributed by atoms with E-state index >= 15 is 0 Å². The predicted octanol–water partition coefficient (Wildman–Crippen LogP) is 4.66. The minimum absolute atomic E-state index is 0.0489. The van der Waals surface area contributed by atoms with Gasteiger partial charge in [-0.25, -0.2) is 0 Å². The van der Waals surface area contributed by atoms with Crippen LogP contribution < -0.4 is 14.8 Å². The van der Waals surface area contributed by atoms with Gasteiger partial charge in [-0.15, -0.1) is 0 Å². The second kappa shape index (κ2) is 7.75. The van der Waals surface area contributed by atoms with Gasteiger partial charge in [0.1, 0.15) is 5.75 Å². The van der Waals surface area contributed by atoms with E-state index in [0.717, 1.165) is 39.4 Å². The van der Waals surface area contributed by atoms with Crippen LogP contribution in [0.15, 0.2) is 58.3 Å². The van der Waals surface area contributed by atoms with Crippen LogP contribution in [0.25, 0.3) is 0 Å². The largest absolute Gasteiger partial charge is 0.504 e. The van der Waals surface area contributed by atoms with Gasteiger partial charge in [0.25, 0.3) is 0 Å². The van der Waals surface area contributed by atoms with Crippen molar-refractivity contribution in [2.45, 2.75) is 31.6 Å². The monoisotopic (exact) mass is 432 g/mol. The van der Waals surface area contributed by atoms with Crippen molar-refractivity contribution < 1.29 is 23.9 Å². The molecule has 2 unspecified atom stereocenters. The molecule has 0 bridgehead atoms. The number of para-hydroxylation sites is 1. The van der Waals surface area contributed by atoms with Gasteiger partial charge in [0.2, 0.25) is 5.88 Å². The number of carbonyl (C=O) groups is 1.